The summed E-state index contributed by atoms with van der Waals surface area (Å²) in [6.07, 6.45) is -1.69. The summed E-state index contributed by atoms with van der Waals surface area (Å²) in [5.41, 5.74) is 0.664. The summed E-state index contributed by atoms with van der Waals surface area (Å²) in [7, 11) is 1.21. The minimum Gasteiger partial charge on any atom is -0.311 e. The van der Waals surface area contributed by atoms with Crippen molar-refractivity contribution in [1.29, 1.82) is 0 Å². The van der Waals surface area contributed by atoms with Crippen LogP contribution in [0.25, 0.3) is 5.69 Å². The number of alkyl halides is 3. The smallest absolute Gasteiger partial charge is 0.311 e. The lowest BCUT2D eigenvalue weighted by Gasteiger charge is -2.16. The first kappa shape index (κ1) is 15.3. The van der Waals surface area contributed by atoms with Crippen molar-refractivity contribution in [1.82, 2.24) is 14.8 Å². The zero-order chi connectivity index (χ0) is 15.6. The van der Waals surface area contributed by atoms with Gasteiger partial charge in [0.05, 0.1) is 18.1 Å². The van der Waals surface area contributed by atoms with Gasteiger partial charge in [0.1, 0.15) is 12.1 Å². The average Bonchev–Trinajstić information content (AvgIpc) is 2.79. The van der Waals surface area contributed by atoms with Gasteiger partial charge >= 0.3 is 6.18 Å². The summed E-state index contributed by atoms with van der Waals surface area (Å²) < 4.78 is 38.1. The molecule has 0 atom stereocenters. The van der Waals surface area contributed by atoms with E-state index in [9.17, 15) is 18.0 Å². The van der Waals surface area contributed by atoms with Gasteiger partial charge in [-0.2, -0.15) is 18.3 Å². The molecule has 0 saturated carbocycles. The van der Waals surface area contributed by atoms with Gasteiger partial charge < -0.3 is 4.90 Å². The fraction of sp³-hybridized carbons (Fsp3) is 0.250. The third-order valence-corrected chi connectivity index (χ3v) is 2.92. The molecule has 21 heavy (non-hydrogen) atoms. The van der Waals surface area contributed by atoms with E-state index in [1.165, 1.54) is 24.1 Å². The minimum atomic E-state index is -4.57. The van der Waals surface area contributed by atoms with Crippen LogP contribution >= 0.6 is 11.6 Å². The molecule has 2 rings (SSSR count). The van der Waals surface area contributed by atoms with E-state index in [1.807, 2.05) is 0 Å². The maximum atomic E-state index is 12.2. The second-order valence-electron chi connectivity index (χ2n) is 4.21. The molecule has 0 aliphatic carbocycles. The Balaban J connectivity index is 2.25. The molecule has 0 unspecified atom stereocenters. The number of anilines is 1. The number of halogens is 4. The Morgan fingerprint density at radius 2 is 2.19 bits per heavy atom. The highest BCUT2D eigenvalue weighted by molar-refractivity contribution is 6.32. The van der Waals surface area contributed by atoms with E-state index >= 15 is 0 Å². The molecule has 9 heteroatoms. The second-order valence-corrected chi connectivity index (χ2v) is 4.56. The molecular weight excluding hydrogens is 309 g/mol. The van der Waals surface area contributed by atoms with Crippen LogP contribution in [0, 0.1) is 0 Å². The normalized spacial score (nSPS) is 11.5. The Hall–Kier alpha value is -2.09. The average molecular weight is 319 g/mol. The first-order chi connectivity index (χ1) is 9.78. The lowest BCUT2D eigenvalue weighted by molar-refractivity contribution is -0.151. The summed E-state index contributed by atoms with van der Waals surface area (Å²) >= 11 is 5.88. The Kier molecular flexibility index (Phi) is 4.17. The number of aromatic nitrogens is 3. The fourth-order valence-corrected chi connectivity index (χ4v) is 1.87. The van der Waals surface area contributed by atoms with Gasteiger partial charge in [0.2, 0.25) is 5.91 Å². The molecule has 1 amide bonds. The molecule has 112 valence electrons. The number of hydrogen-bond donors (Lipinski definition) is 0. The predicted molar refractivity (Wildman–Crippen MR) is 70.5 cm³/mol. The van der Waals surface area contributed by atoms with Crippen LogP contribution in [0.1, 0.15) is 6.42 Å². The highest BCUT2D eigenvalue weighted by Crippen LogP contribution is 2.27. The molecule has 0 aromatic carbocycles. The van der Waals surface area contributed by atoms with Crippen molar-refractivity contribution in [2.75, 3.05) is 11.9 Å². The van der Waals surface area contributed by atoms with Crippen molar-refractivity contribution >= 4 is 23.2 Å². The third-order valence-electron chi connectivity index (χ3n) is 2.65. The highest BCUT2D eigenvalue weighted by atomic mass is 35.5. The molecule has 2 aromatic rings. The van der Waals surface area contributed by atoms with E-state index in [0.29, 0.717) is 5.69 Å². The summed E-state index contributed by atoms with van der Waals surface area (Å²) in [5, 5.41) is 3.88. The molecule has 2 heterocycles. The van der Waals surface area contributed by atoms with Gasteiger partial charge in [0.25, 0.3) is 0 Å². The van der Waals surface area contributed by atoms with Crippen LogP contribution in [-0.2, 0) is 4.79 Å². The molecule has 5 nitrogen and oxygen atoms in total. The van der Waals surface area contributed by atoms with E-state index in [1.54, 1.807) is 18.3 Å². The Labute approximate surface area is 122 Å². The fourth-order valence-electron chi connectivity index (χ4n) is 1.61. The molecule has 0 fully saturated rings. The van der Waals surface area contributed by atoms with Crippen LogP contribution < -0.4 is 4.90 Å². The maximum Gasteiger partial charge on any atom is 0.397 e. The topological polar surface area (TPSA) is 51.0 Å². The largest absolute Gasteiger partial charge is 0.397 e. The first-order valence-electron chi connectivity index (χ1n) is 5.77. The Morgan fingerprint density at radius 1 is 1.48 bits per heavy atom. The van der Waals surface area contributed by atoms with Crippen LogP contribution in [-0.4, -0.2) is 33.9 Å². The molecule has 0 N–H and O–H groups in total. The van der Waals surface area contributed by atoms with Gasteiger partial charge in [-0.1, -0.05) is 11.6 Å². The van der Waals surface area contributed by atoms with Gasteiger partial charge in [-0.3, -0.25) is 9.78 Å². The van der Waals surface area contributed by atoms with Gasteiger partial charge in [-0.05, 0) is 12.1 Å². The van der Waals surface area contributed by atoms with E-state index < -0.39 is 18.5 Å². The number of carbonyl (C=O) groups excluding carboxylic acids is 1. The van der Waals surface area contributed by atoms with Crippen LogP contribution in [0.3, 0.4) is 0 Å². The van der Waals surface area contributed by atoms with E-state index in [0.717, 1.165) is 4.90 Å². The summed E-state index contributed by atoms with van der Waals surface area (Å²) in [4.78, 5) is 16.3. The van der Waals surface area contributed by atoms with Gasteiger partial charge in [-0.15, -0.1) is 0 Å². The Morgan fingerprint density at radius 3 is 2.76 bits per heavy atom. The van der Waals surface area contributed by atoms with Crippen LogP contribution in [0.5, 0.6) is 0 Å². The van der Waals surface area contributed by atoms with Crippen molar-refractivity contribution in [3.63, 3.8) is 0 Å². The Bertz CT molecular complexity index is 642. The van der Waals surface area contributed by atoms with Crippen LogP contribution in [0.2, 0.25) is 5.15 Å². The molecule has 0 spiro atoms. The van der Waals surface area contributed by atoms with E-state index in [2.05, 4.69) is 10.1 Å². The van der Waals surface area contributed by atoms with Crippen LogP contribution in [0.4, 0.5) is 18.9 Å². The molecule has 0 aliphatic heterocycles. The number of carbonyl (C=O) groups is 1. The number of nitrogens with zero attached hydrogens (tertiary/aromatic N) is 4. The zero-order valence-corrected chi connectivity index (χ0v) is 11.6. The third kappa shape index (κ3) is 3.72. The molecule has 2 aromatic heterocycles. The quantitative estimate of drug-likeness (QED) is 0.874. The predicted octanol–water partition coefficient (Wildman–Crippen LogP) is 2.84. The van der Waals surface area contributed by atoms with E-state index in [-0.39, 0.29) is 10.8 Å². The molecule has 0 radical (unpaired) electrons. The summed E-state index contributed by atoms with van der Waals surface area (Å²) in [6, 6.07) is 3.36. The minimum absolute atomic E-state index is 0.0723. The SMILES string of the molecule is CN(C(=O)CC(F)(F)F)c1cn(-c2cccnc2)nc1Cl. The van der Waals surface area contributed by atoms with Gasteiger partial charge in [-0.25, -0.2) is 4.68 Å². The maximum absolute atomic E-state index is 12.2. The van der Waals surface area contributed by atoms with Crippen molar-refractivity contribution in [2.24, 2.45) is 0 Å². The van der Waals surface area contributed by atoms with Crippen molar-refractivity contribution < 1.29 is 18.0 Å². The molecule has 0 aliphatic rings. The molecule has 0 saturated heterocycles. The number of hydrogen-bond acceptors (Lipinski definition) is 3. The monoisotopic (exact) mass is 318 g/mol. The van der Waals surface area contributed by atoms with Gasteiger partial charge in [0, 0.05) is 13.2 Å². The van der Waals surface area contributed by atoms with Crippen molar-refractivity contribution in [3.8, 4) is 5.69 Å². The van der Waals surface area contributed by atoms with Crippen molar-refractivity contribution in [3.05, 3.63) is 35.9 Å². The number of pyridine rings is 1. The zero-order valence-electron chi connectivity index (χ0n) is 10.8. The van der Waals surface area contributed by atoms with Gasteiger partial charge in [0.15, 0.2) is 5.15 Å². The first-order valence-corrected chi connectivity index (χ1v) is 6.14. The second kappa shape index (κ2) is 5.72. The lowest BCUT2D eigenvalue weighted by Crippen LogP contribution is -2.30. The highest BCUT2D eigenvalue weighted by Gasteiger charge is 2.33. The van der Waals surface area contributed by atoms with Crippen molar-refractivity contribution in [2.45, 2.75) is 12.6 Å². The molecular formula is C12H10ClF3N4O. The summed E-state index contributed by atoms with van der Waals surface area (Å²) in [6.45, 7) is 0. The van der Waals surface area contributed by atoms with E-state index in [4.69, 9.17) is 11.6 Å². The van der Waals surface area contributed by atoms with Crippen LogP contribution in [0.15, 0.2) is 30.7 Å². The summed E-state index contributed by atoms with van der Waals surface area (Å²) in [5.74, 6) is -1.12. The standard InChI is InChI=1S/C12H10ClF3N4O/c1-19(10(21)5-12(14,15)16)9-7-20(18-11(9)13)8-3-2-4-17-6-8/h2-4,6-7H,5H2,1H3. The molecule has 0 bridgehead atoms. The number of amides is 1. The lowest BCUT2D eigenvalue weighted by atomic mass is 10.3. The number of rotatable bonds is 3.